The van der Waals surface area contributed by atoms with Gasteiger partial charge in [-0.3, -0.25) is 4.79 Å². The van der Waals surface area contributed by atoms with Gasteiger partial charge < -0.3 is 15.7 Å². The van der Waals surface area contributed by atoms with Crippen LogP contribution in [0.25, 0.3) is 0 Å². The minimum atomic E-state index is -0.714. The van der Waals surface area contributed by atoms with E-state index in [0.29, 0.717) is 31.1 Å². The Morgan fingerprint density at radius 2 is 2.00 bits per heavy atom. The Hall–Kier alpha value is -2.19. The number of aliphatic carboxylic acids is 1. The van der Waals surface area contributed by atoms with Gasteiger partial charge in [-0.25, -0.2) is 4.79 Å². The first-order valence-corrected chi connectivity index (χ1v) is 6.62. The number of rotatable bonds is 5. The number of H-pyrrole nitrogens is 1. The molecule has 0 aromatic carbocycles. The molecule has 1 aliphatic carbocycles. The number of carbonyl (C=O) groups is 2. The van der Waals surface area contributed by atoms with Crippen LogP contribution < -0.4 is 10.6 Å². The van der Waals surface area contributed by atoms with Crippen LogP contribution in [-0.2, 0) is 11.3 Å². The van der Waals surface area contributed by atoms with Crippen molar-refractivity contribution in [1.29, 1.82) is 0 Å². The number of hydrogen-bond acceptors (Lipinski definition) is 5. The summed E-state index contributed by atoms with van der Waals surface area (Å²) in [4.78, 5) is 22.4. The quantitative estimate of drug-likeness (QED) is 0.595. The highest BCUT2D eigenvalue weighted by Gasteiger charge is 2.25. The average molecular weight is 282 g/mol. The molecule has 1 fully saturated rings. The Morgan fingerprint density at radius 3 is 2.60 bits per heavy atom. The molecule has 20 heavy (non-hydrogen) atoms. The Kier molecular flexibility index (Phi) is 4.85. The number of nitrogens with one attached hydrogen (secondary N) is 3. The maximum Gasteiger partial charge on any atom is 0.315 e. The molecule has 1 aromatic heterocycles. The fourth-order valence-corrected chi connectivity index (χ4v) is 2.33. The van der Waals surface area contributed by atoms with E-state index in [4.69, 9.17) is 5.11 Å². The average Bonchev–Trinajstić information content (AvgIpc) is 2.96. The van der Waals surface area contributed by atoms with E-state index in [0.717, 1.165) is 12.8 Å². The van der Waals surface area contributed by atoms with E-state index >= 15 is 0 Å². The van der Waals surface area contributed by atoms with Gasteiger partial charge in [0.25, 0.3) is 0 Å². The normalized spacial score (nSPS) is 22.2. The second-order valence-corrected chi connectivity index (χ2v) is 4.95. The van der Waals surface area contributed by atoms with Gasteiger partial charge in [0, 0.05) is 6.54 Å². The number of aromatic nitrogens is 4. The number of carboxylic acids is 1. The van der Waals surface area contributed by atoms with Gasteiger partial charge in [0.15, 0.2) is 5.82 Å². The molecule has 0 aliphatic heterocycles. The summed E-state index contributed by atoms with van der Waals surface area (Å²) in [7, 11) is 0. The Labute approximate surface area is 115 Å². The molecule has 0 bridgehead atoms. The topological polar surface area (TPSA) is 133 Å². The fraction of sp³-hybridized carbons (Fsp3) is 0.727. The molecule has 1 saturated carbocycles. The van der Waals surface area contributed by atoms with Gasteiger partial charge in [-0.05, 0) is 31.6 Å². The summed E-state index contributed by atoms with van der Waals surface area (Å²) in [5.74, 6) is -0.170. The van der Waals surface area contributed by atoms with Crippen molar-refractivity contribution in [2.24, 2.45) is 11.8 Å². The van der Waals surface area contributed by atoms with Gasteiger partial charge in [-0.2, -0.15) is 5.21 Å². The van der Waals surface area contributed by atoms with Gasteiger partial charge in [-0.15, -0.1) is 10.2 Å². The second-order valence-electron chi connectivity index (χ2n) is 4.95. The van der Waals surface area contributed by atoms with Crippen LogP contribution >= 0.6 is 0 Å². The Bertz CT molecular complexity index is 441. The third kappa shape index (κ3) is 4.18. The van der Waals surface area contributed by atoms with Crippen molar-refractivity contribution in [2.75, 3.05) is 6.54 Å². The molecule has 9 heteroatoms. The number of tetrazole rings is 1. The lowest BCUT2D eigenvalue weighted by Crippen LogP contribution is -2.39. The number of hydrogen-bond donors (Lipinski definition) is 4. The fourth-order valence-electron chi connectivity index (χ4n) is 2.33. The van der Waals surface area contributed by atoms with Crippen LogP contribution in [0.5, 0.6) is 0 Å². The molecule has 0 atom stereocenters. The first-order chi connectivity index (χ1) is 9.65. The van der Waals surface area contributed by atoms with E-state index in [1.54, 1.807) is 0 Å². The summed E-state index contributed by atoms with van der Waals surface area (Å²) in [6, 6.07) is -0.282. The van der Waals surface area contributed by atoms with E-state index in [1.165, 1.54) is 0 Å². The number of nitrogens with zero attached hydrogens (tertiary/aromatic N) is 3. The van der Waals surface area contributed by atoms with E-state index < -0.39 is 5.97 Å². The Balaban J connectivity index is 1.61. The van der Waals surface area contributed by atoms with Crippen LogP contribution in [-0.4, -0.2) is 44.3 Å². The van der Waals surface area contributed by atoms with Crippen molar-refractivity contribution in [2.45, 2.75) is 32.2 Å². The van der Waals surface area contributed by atoms with Gasteiger partial charge in [0.2, 0.25) is 0 Å². The maximum absolute atomic E-state index is 11.6. The first-order valence-electron chi connectivity index (χ1n) is 6.62. The van der Waals surface area contributed by atoms with Crippen molar-refractivity contribution >= 4 is 12.0 Å². The highest BCUT2D eigenvalue weighted by molar-refractivity contribution is 5.73. The summed E-state index contributed by atoms with van der Waals surface area (Å²) >= 11 is 0. The minimum Gasteiger partial charge on any atom is -0.481 e. The summed E-state index contributed by atoms with van der Waals surface area (Å²) in [5.41, 5.74) is 0. The zero-order valence-electron chi connectivity index (χ0n) is 11.0. The molecular formula is C11H18N6O3. The predicted molar refractivity (Wildman–Crippen MR) is 67.5 cm³/mol. The van der Waals surface area contributed by atoms with Crippen LogP contribution in [0.2, 0.25) is 0 Å². The van der Waals surface area contributed by atoms with E-state index in [9.17, 15) is 9.59 Å². The van der Waals surface area contributed by atoms with Crippen molar-refractivity contribution in [3.05, 3.63) is 5.82 Å². The Morgan fingerprint density at radius 1 is 1.25 bits per heavy atom. The van der Waals surface area contributed by atoms with Gasteiger partial charge in [0.05, 0.1) is 12.5 Å². The van der Waals surface area contributed by atoms with Crippen molar-refractivity contribution in [1.82, 2.24) is 31.3 Å². The van der Waals surface area contributed by atoms with E-state index in [-0.39, 0.29) is 18.5 Å². The van der Waals surface area contributed by atoms with Crippen molar-refractivity contribution in [3.63, 3.8) is 0 Å². The lowest BCUT2D eigenvalue weighted by atomic mass is 9.82. The molecule has 4 N–H and O–H groups in total. The molecule has 0 radical (unpaired) electrons. The molecule has 0 saturated heterocycles. The van der Waals surface area contributed by atoms with Crippen LogP contribution in [0.15, 0.2) is 0 Å². The van der Waals surface area contributed by atoms with Crippen LogP contribution in [0, 0.1) is 11.8 Å². The number of aromatic amines is 1. The molecule has 1 aliphatic rings. The molecule has 2 amide bonds. The summed E-state index contributed by atoms with van der Waals surface area (Å²) in [6.07, 6.45) is 3.04. The van der Waals surface area contributed by atoms with Gasteiger partial charge in [-0.1, -0.05) is 5.21 Å². The molecule has 0 spiro atoms. The lowest BCUT2D eigenvalue weighted by Gasteiger charge is -2.26. The van der Waals surface area contributed by atoms with E-state index in [1.807, 2.05) is 0 Å². The van der Waals surface area contributed by atoms with Crippen molar-refractivity contribution < 1.29 is 14.7 Å². The van der Waals surface area contributed by atoms with Crippen LogP contribution in [0.3, 0.4) is 0 Å². The van der Waals surface area contributed by atoms with Gasteiger partial charge in [0.1, 0.15) is 0 Å². The lowest BCUT2D eigenvalue weighted by molar-refractivity contribution is -0.143. The number of urea groups is 1. The van der Waals surface area contributed by atoms with Gasteiger partial charge >= 0.3 is 12.0 Å². The SMILES string of the molecule is O=C(NCc1nn[nH]n1)NCC1CCC(C(=O)O)CC1. The summed E-state index contributed by atoms with van der Waals surface area (Å²) in [5, 5.41) is 27.4. The standard InChI is InChI=1S/C11H18N6O3/c18-10(19)8-3-1-7(2-4-8)5-12-11(20)13-6-9-14-16-17-15-9/h7-8H,1-6H2,(H,18,19)(H2,12,13,20)(H,14,15,16,17). The third-order valence-electron chi connectivity index (χ3n) is 3.54. The molecule has 1 aromatic rings. The maximum atomic E-state index is 11.6. The second kappa shape index (κ2) is 6.83. The van der Waals surface area contributed by atoms with Crippen LogP contribution in [0.4, 0.5) is 4.79 Å². The molecule has 0 unspecified atom stereocenters. The highest BCUT2D eigenvalue weighted by Crippen LogP contribution is 2.28. The zero-order chi connectivity index (χ0) is 14.4. The van der Waals surface area contributed by atoms with Crippen LogP contribution in [0.1, 0.15) is 31.5 Å². The molecule has 1 heterocycles. The monoisotopic (exact) mass is 282 g/mol. The molecule has 2 rings (SSSR count). The highest BCUT2D eigenvalue weighted by atomic mass is 16.4. The third-order valence-corrected chi connectivity index (χ3v) is 3.54. The smallest absolute Gasteiger partial charge is 0.315 e. The number of carbonyl (C=O) groups excluding carboxylic acids is 1. The first kappa shape index (κ1) is 14.2. The minimum absolute atomic E-state index is 0.216. The predicted octanol–water partition coefficient (Wildman–Crippen LogP) is -0.110. The molecular weight excluding hydrogens is 264 g/mol. The molecule has 9 nitrogen and oxygen atoms in total. The summed E-state index contributed by atoms with van der Waals surface area (Å²) in [6.45, 7) is 0.776. The largest absolute Gasteiger partial charge is 0.481 e. The number of carboxylic acid groups (broad SMARTS) is 1. The number of amides is 2. The van der Waals surface area contributed by atoms with E-state index in [2.05, 4.69) is 31.3 Å². The summed E-state index contributed by atoms with van der Waals surface area (Å²) < 4.78 is 0. The zero-order valence-corrected chi connectivity index (χ0v) is 11.0. The molecule has 110 valence electrons. The van der Waals surface area contributed by atoms with Crippen molar-refractivity contribution in [3.8, 4) is 0 Å².